The van der Waals surface area contributed by atoms with Gasteiger partial charge in [-0.1, -0.05) is 33.6 Å². The Morgan fingerprint density at radius 3 is 2.40 bits per heavy atom. The fourth-order valence-electron chi connectivity index (χ4n) is 3.60. The zero-order valence-electron chi connectivity index (χ0n) is 17.7. The van der Waals surface area contributed by atoms with Crippen molar-refractivity contribution >= 4 is 8.32 Å². The van der Waals surface area contributed by atoms with Gasteiger partial charge in [-0.2, -0.15) is 0 Å². The summed E-state index contributed by atoms with van der Waals surface area (Å²) in [5.41, 5.74) is 0.455. The third-order valence-electron chi connectivity index (χ3n) is 6.80. The molecule has 2 unspecified atom stereocenters. The maximum atomic E-state index is 6.57. The van der Waals surface area contributed by atoms with Gasteiger partial charge in [-0.05, 0) is 75.4 Å². The van der Waals surface area contributed by atoms with Gasteiger partial charge in [0.2, 0.25) is 0 Å². The second-order valence-corrected chi connectivity index (χ2v) is 14.8. The summed E-state index contributed by atoms with van der Waals surface area (Å²) in [4.78, 5) is 0. The van der Waals surface area contributed by atoms with Crippen molar-refractivity contribution < 1.29 is 13.9 Å². The summed E-state index contributed by atoms with van der Waals surface area (Å²) in [5.74, 6) is 0. The minimum absolute atomic E-state index is 0.0448. The fraction of sp³-hybridized carbons (Fsp3) is 1.00. The van der Waals surface area contributed by atoms with Crippen molar-refractivity contribution in [1.82, 2.24) is 0 Å². The Kier molecular flexibility index (Phi) is 7.58. The van der Waals surface area contributed by atoms with Crippen molar-refractivity contribution in [2.24, 2.45) is 5.41 Å². The molecule has 1 saturated heterocycles. The van der Waals surface area contributed by atoms with Crippen LogP contribution in [0, 0.1) is 5.41 Å². The molecule has 148 valence electrons. The summed E-state index contributed by atoms with van der Waals surface area (Å²) in [6.45, 7) is 15.8. The zero-order valence-corrected chi connectivity index (χ0v) is 18.7. The van der Waals surface area contributed by atoms with Gasteiger partial charge in [0.15, 0.2) is 14.6 Å². The van der Waals surface area contributed by atoms with Crippen LogP contribution in [-0.2, 0) is 13.9 Å². The summed E-state index contributed by atoms with van der Waals surface area (Å²) >= 11 is 0. The van der Waals surface area contributed by atoms with E-state index in [4.69, 9.17) is 13.9 Å². The molecular formula is C21H42O3Si. The number of hydrogen-bond donors (Lipinski definition) is 0. The zero-order chi connectivity index (χ0) is 18.6. The third-order valence-corrected chi connectivity index (χ3v) is 11.3. The van der Waals surface area contributed by atoms with Crippen LogP contribution in [0.25, 0.3) is 0 Å². The van der Waals surface area contributed by atoms with Gasteiger partial charge in [0, 0.05) is 13.2 Å². The van der Waals surface area contributed by atoms with Gasteiger partial charge in [0.25, 0.3) is 0 Å². The lowest BCUT2D eigenvalue weighted by Crippen LogP contribution is -2.45. The van der Waals surface area contributed by atoms with Crippen LogP contribution in [-0.4, -0.2) is 33.9 Å². The number of ether oxygens (including phenoxy) is 2. The molecule has 3 nitrogen and oxygen atoms in total. The van der Waals surface area contributed by atoms with Gasteiger partial charge in [0.05, 0.1) is 6.10 Å². The van der Waals surface area contributed by atoms with E-state index < -0.39 is 8.32 Å². The lowest BCUT2D eigenvalue weighted by molar-refractivity contribution is -0.185. The van der Waals surface area contributed by atoms with Gasteiger partial charge in [0.1, 0.15) is 0 Å². The minimum atomic E-state index is -1.63. The first-order valence-electron chi connectivity index (χ1n) is 10.5. The van der Waals surface area contributed by atoms with E-state index in [-0.39, 0.29) is 6.29 Å². The Morgan fingerprint density at radius 1 is 1.16 bits per heavy atom. The molecule has 1 aliphatic heterocycles. The first-order chi connectivity index (χ1) is 11.6. The topological polar surface area (TPSA) is 27.7 Å². The van der Waals surface area contributed by atoms with E-state index in [1.165, 1.54) is 44.9 Å². The molecule has 0 aromatic heterocycles. The molecule has 2 aliphatic rings. The van der Waals surface area contributed by atoms with E-state index in [0.717, 1.165) is 26.1 Å². The molecule has 4 heteroatoms. The van der Waals surface area contributed by atoms with Gasteiger partial charge in [-0.3, -0.25) is 0 Å². The van der Waals surface area contributed by atoms with E-state index in [1.54, 1.807) is 0 Å². The first kappa shape index (κ1) is 21.4. The second-order valence-electron chi connectivity index (χ2n) is 10.0. The largest absolute Gasteiger partial charge is 0.416 e. The summed E-state index contributed by atoms with van der Waals surface area (Å²) in [6.07, 6.45) is 11.6. The molecule has 0 aromatic rings. The quantitative estimate of drug-likeness (QED) is 0.447. The maximum absolute atomic E-state index is 6.57. The van der Waals surface area contributed by atoms with Crippen LogP contribution in [0.2, 0.25) is 18.1 Å². The third kappa shape index (κ3) is 6.33. The molecule has 2 atom stereocenters. The molecule has 0 amide bonds. The van der Waals surface area contributed by atoms with Crippen molar-refractivity contribution in [2.45, 2.75) is 116 Å². The second kappa shape index (κ2) is 8.86. The predicted octanol–water partition coefficient (Wildman–Crippen LogP) is 6.28. The summed E-state index contributed by atoms with van der Waals surface area (Å²) < 4.78 is 18.3. The molecule has 1 saturated carbocycles. The molecule has 1 heterocycles. The molecule has 2 rings (SSSR count). The van der Waals surface area contributed by atoms with Crippen molar-refractivity contribution in [3.05, 3.63) is 0 Å². The van der Waals surface area contributed by atoms with Crippen LogP contribution in [0.1, 0.15) is 85.5 Å². The summed E-state index contributed by atoms with van der Waals surface area (Å²) in [6, 6.07) is 0. The van der Waals surface area contributed by atoms with E-state index in [1.807, 2.05) is 0 Å². The van der Waals surface area contributed by atoms with Gasteiger partial charge in [-0.25, -0.2) is 0 Å². The lowest BCUT2D eigenvalue weighted by atomic mass is 9.66. The first-order valence-corrected chi connectivity index (χ1v) is 13.5. The average molecular weight is 371 g/mol. The molecule has 0 N–H and O–H groups in total. The average Bonchev–Trinajstić information content (AvgIpc) is 2.49. The van der Waals surface area contributed by atoms with Crippen LogP contribution in [0.3, 0.4) is 0 Å². The molecule has 25 heavy (non-hydrogen) atoms. The van der Waals surface area contributed by atoms with Gasteiger partial charge >= 0.3 is 0 Å². The molecule has 2 fully saturated rings. The van der Waals surface area contributed by atoms with E-state index in [9.17, 15) is 0 Å². The van der Waals surface area contributed by atoms with Crippen LogP contribution in [0.15, 0.2) is 0 Å². The van der Waals surface area contributed by atoms with Crippen LogP contribution in [0.4, 0.5) is 0 Å². The van der Waals surface area contributed by atoms with Crippen LogP contribution >= 0.6 is 0 Å². The van der Waals surface area contributed by atoms with E-state index in [2.05, 4.69) is 40.8 Å². The SMILES string of the molecule is CC(CCCC1(CO[Si](C)(C)C(C)(C)C)CCC1)OC1CCCCO1. The van der Waals surface area contributed by atoms with E-state index >= 15 is 0 Å². The molecule has 0 aromatic carbocycles. The number of hydrogen-bond acceptors (Lipinski definition) is 3. The highest BCUT2D eigenvalue weighted by atomic mass is 28.4. The Hall–Kier alpha value is 0.0969. The Labute approximate surface area is 157 Å². The van der Waals surface area contributed by atoms with Crippen LogP contribution in [0.5, 0.6) is 0 Å². The number of rotatable bonds is 9. The van der Waals surface area contributed by atoms with Crippen molar-refractivity contribution in [1.29, 1.82) is 0 Å². The van der Waals surface area contributed by atoms with E-state index in [0.29, 0.717) is 16.6 Å². The summed E-state index contributed by atoms with van der Waals surface area (Å²) in [7, 11) is -1.63. The normalized spacial score (nSPS) is 25.4. The molecule has 0 spiro atoms. The Balaban J connectivity index is 1.70. The van der Waals surface area contributed by atoms with Crippen molar-refractivity contribution in [3.63, 3.8) is 0 Å². The predicted molar refractivity (Wildman–Crippen MR) is 107 cm³/mol. The maximum Gasteiger partial charge on any atom is 0.192 e. The van der Waals surface area contributed by atoms with Crippen molar-refractivity contribution in [2.75, 3.05) is 13.2 Å². The minimum Gasteiger partial charge on any atom is -0.416 e. The summed E-state index contributed by atoms with van der Waals surface area (Å²) in [5, 5.41) is 0.306. The fourth-order valence-corrected chi connectivity index (χ4v) is 4.70. The van der Waals surface area contributed by atoms with Crippen molar-refractivity contribution in [3.8, 4) is 0 Å². The monoisotopic (exact) mass is 370 g/mol. The highest BCUT2D eigenvalue weighted by Gasteiger charge is 2.42. The van der Waals surface area contributed by atoms with Gasteiger partial charge in [-0.15, -0.1) is 0 Å². The highest BCUT2D eigenvalue weighted by molar-refractivity contribution is 6.74. The highest BCUT2D eigenvalue weighted by Crippen LogP contribution is 2.47. The Morgan fingerprint density at radius 2 is 1.88 bits per heavy atom. The van der Waals surface area contributed by atoms with Gasteiger partial charge < -0.3 is 13.9 Å². The molecular weight excluding hydrogens is 328 g/mol. The van der Waals surface area contributed by atoms with Crippen LogP contribution < -0.4 is 0 Å². The molecule has 0 bridgehead atoms. The standard InChI is InChI=1S/C21H42O3Si/c1-18(24-19-12-7-8-16-22-19)11-9-13-21(14-10-15-21)17-23-25(5,6)20(2,3)4/h18-19H,7-17H2,1-6H3. The smallest absolute Gasteiger partial charge is 0.192 e. The molecule has 1 aliphatic carbocycles. The Bertz CT molecular complexity index is 392. The lowest BCUT2D eigenvalue weighted by Gasteiger charge is -2.46. The molecule has 0 radical (unpaired) electrons.